The van der Waals surface area contributed by atoms with Gasteiger partial charge in [0.2, 0.25) is 0 Å². The molecule has 0 bridgehead atoms. The van der Waals surface area contributed by atoms with E-state index in [0.717, 1.165) is 18.5 Å². The molecule has 2 unspecified atom stereocenters. The van der Waals surface area contributed by atoms with Crippen molar-refractivity contribution in [2.24, 2.45) is 17.1 Å². The fraction of sp³-hybridized carbons (Fsp3) is 1.00. The number of likely N-dealkylation sites (tertiary alicyclic amines) is 1. The second-order valence-corrected chi connectivity index (χ2v) is 5.61. The normalized spacial score (nSPS) is 35.4. The highest BCUT2D eigenvalue weighted by Crippen LogP contribution is 2.42. The maximum absolute atomic E-state index is 5.85. The molecule has 2 atom stereocenters. The molecule has 0 amide bonds. The maximum Gasteiger partial charge on any atom is 0.0136 e. The van der Waals surface area contributed by atoms with Crippen LogP contribution in [-0.2, 0) is 0 Å². The summed E-state index contributed by atoms with van der Waals surface area (Å²) in [7, 11) is 0. The van der Waals surface area contributed by atoms with Gasteiger partial charge in [-0.15, -0.1) is 0 Å². The topological polar surface area (TPSA) is 29.3 Å². The van der Waals surface area contributed by atoms with Crippen LogP contribution in [0, 0.1) is 11.3 Å². The molecule has 2 rings (SSSR count). The Hall–Kier alpha value is -0.0800. The van der Waals surface area contributed by atoms with E-state index in [1.807, 2.05) is 0 Å². The first-order valence-corrected chi connectivity index (χ1v) is 6.69. The van der Waals surface area contributed by atoms with Crippen LogP contribution in [0.25, 0.3) is 0 Å². The van der Waals surface area contributed by atoms with Gasteiger partial charge in [-0.3, -0.25) is 4.90 Å². The highest BCUT2D eigenvalue weighted by Gasteiger charge is 2.45. The number of hydrogen-bond acceptors (Lipinski definition) is 2. The van der Waals surface area contributed by atoms with Crippen molar-refractivity contribution in [3.63, 3.8) is 0 Å². The minimum Gasteiger partial charge on any atom is -0.330 e. The molecular formula is C13H26N2. The van der Waals surface area contributed by atoms with Gasteiger partial charge in [-0.05, 0) is 43.6 Å². The van der Waals surface area contributed by atoms with Crippen LogP contribution in [-0.4, -0.2) is 30.6 Å². The number of hydrogen-bond donors (Lipinski definition) is 1. The maximum atomic E-state index is 5.85. The van der Waals surface area contributed by atoms with E-state index in [4.69, 9.17) is 5.73 Å². The minimum absolute atomic E-state index is 0.655. The predicted octanol–water partition coefficient (Wildman–Crippen LogP) is 2.24. The highest BCUT2D eigenvalue weighted by molar-refractivity contribution is 4.99. The molecule has 1 aliphatic carbocycles. The van der Waals surface area contributed by atoms with E-state index in [0.29, 0.717) is 5.41 Å². The number of nitrogens with two attached hydrogens (primary N) is 1. The molecule has 0 spiro atoms. The van der Waals surface area contributed by atoms with Gasteiger partial charge in [0.05, 0.1) is 0 Å². The van der Waals surface area contributed by atoms with Gasteiger partial charge < -0.3 is 5.73 Å². The Kier molecular flexibility index (Phi) is 3.36. The second-order valence-electron chi connectivity index (χ2n) is 5.61. The van der Waals surface area contributed by atoms with Crippen LogP contribution in [0.3, 0.4) is 0 Å². The monoisotopic (exact) mass is 210 g/mol. The van der Waals surface area contributed by atoms with Crippen LogP contribution in [0.1, 0.15) is 46.0 Å². The molecule has 2 heteroatoms. The second kappa shape index (κ2) is 4.42. The molecule has 2 nitrogen and oxygen atoms in total. The zero-order valence-electron chi connectivity index (χ0n) is 10.3. The van der Waals surface area contributed by atoms with Crippen molar-refractivity contribution >= 4 is 0 Å². The highest BCUT2D eigenvalue weighted by atomic mass is 15.2. The summed E-state index contributed by atoms with van der Waals surface area (Å²) in [5, 5.41) is 0. The SMILES string of the molecule is CCC1(CC)CN(C2CCCC2CN)C1. The van der Waals surface area contributed by atoms with Crippen LogP contribution in [0.5, 0.6) is 0 Å². The standard InChI is InChI=1S/C13H26N2/c1-3-13(4-2)9-15(10-13)12-7-5-6-11(12)8-14/h11-12H,3-10,14H2,1-2H3. The molecule has 1 aliphatic heterocycles. The summed E-state index contributed by atoms with van der Waals surface area (Å²) in [6, 6.07) is 0.821. The van der Waals surface area contributed by atoms with Crippen molar-refractivity contribution in [3.05, 3.63) is 0 Å². The fourth-order valence-corrected chi connectivity index (χ4v) is 3.52. The summed E-state index contributed by atoms with van der Waals surface area (Å²) in [6.07, 6.45) is 6.85. The summed E-state index contributed by atoms with van der Waals surface area (Å²) in [6.45, 7) is 8.25. The third kappa shape index (κ3) is 1.94. The van der Waals surface area contributed by atoms with Crippen LogP contribution >= 0.6 is 0 Å². The molecule has 1 saturated heterocycles. The van der Waals surface area contributed by atoms with Gasteiger partial charge in [0.25, 0.3) is 0 Å². The quantitative estimate of drug-likeness (QED) is 0.771. The van der Waals surface area contributed by atoms with Crippen molar-refractivity contribution in [1.82, 2.24) is 4.90 Å². The lowest BCUT2D eigenvalue weighted by Gasteiger charge is -2.53. The molecule has 2 fully saturated rings. The lowest BCUT2D eigenvalue weighted by atomic mass is 9.73. The Balaban J connectivity index is 1.88. The molecule has 2 aliphatic rings. The first-order chi connectivity index (χ1) is 7.24. The van der Waals surface area contributed by atoms with Crippen molar-refractivity contribution < 1.29 is 0 Å². The zero-order chi connectivity index (χ0) is 10.9. The van der Waals surface area contributed by atoms with Crippen LogP contribution in [0.4, 0.5) is 0 Å². The molecule has 0 aromatic heterocycles. The fourth-order valence-electron chi connectivity index (χ4n) is 3.52. The predicted molar refractivity (Wildman–Crippen MR) is 64.8 cm³/mol. The Labute approximate surface area is 94.2 Å². The van der Waals surface area contributed by atoms with Crippen molar-refractivity contribution in [2.75, 3.05) is 19.6 Å². The average molecular weight is 210 g/mol. The van der Waals surface area contributed by atoms with E-state index in [2.05, 4.69) is 18.7 Å². The first-order valence-electron chi connectivity index (χ1n) is 6.69. The molecule has 88 valence electrons. The third-order valence-electron chi connectivity index (χ3n) is 4.97. The van der Waals surface area contributed by atoms with Gasteiger partial charge in [0.1, 0.15) is 0 Å². The molecule has 1 heterocycles. The molecule has 1 saturated carbocycles. The summed E-state index contributed by atoms with van der Waals surface area (Å²) >= 11 is 0. The van der Waals surface area contributed by atoms with Crippen LogP contribution in [0.2, 0.25) is 0 Å². The summed E-state index contributed by atoms with van der Waals surface area (Å²) < 4.78 is 0. The van der Waals surface area contributed by atoms with Crippen LogP contribution in [0.15, 0.2) is 0 Å². The van der Waals surface area contributed by atoms with E-state index in [-0.39, 0.29) is 0 Å². The van der Waals surface area contributed by atoms with Gasteiger partial charge in [0.15, 0.2) is 0 Å². The molecule has 0 radical (unpaired) electrons. The van der Waals surface area contributed by atoms with Crippen LogP contribution < -0.4 is 5.73 Å². The molecule has 2 N–H and O–H groups in total. The summed E-state index contributed by atoms with van der Waals surface area (Å²) in [4.78, 5) is 2.71. The van der Waals surface area contributed by atoms with Crippen molar-refractivity contribution in [3.8, 4) is 0 Å². The Bertz CT molecular complexity index is 203. The van der Waals surface area contributed by atoms with Crippen molar-refractivity contribution in [2.45, 2.75) is 52.0 Å². The smallest absolute Gasteiger partial charge is 0.0136 e. The van der Waals surface area contributed by atoms with Gasteiger partial charge in [-0.2, -0.15) is 0 Å². The first kappa shape index (κ1) is 11.4. The average Bonchev–Trinajstić information content (AvgIpc) is 2.66. The van der Waals surface area contributed by atoms with Gasteiger partial charge >= 0.3 is 0 Å². The molecule has 0 aromatic carbocycles. The van der Waals surface area contributed by atoms with Gasteiger partial charge in [0, 0.05) is 19.1 Å². The van der Waals surface area contributed by atoms with Crippen molar-refractivity contribution in [1.29, 1.82) is 0 Å². The Morgan fingerprint density at radius 3 is 2.40 bits per heavy atom. The largest absolute Gasteiger partial charge is 0.330 e. The lowest BCUT2D eigenvalue weighted by Crippen LogP contribution is -2.60. The van der Waals surface area contributed by atoms with E-state index in [1.54, 1.807) is 0 Å². The lowest BCUT2D eigenvalue weighted by molar-refractivity contribution is -0.0459. The van der Waals surface area contributed by atoms with E-state index in [9.17, 15) is 0 Å². The summed E-state index contributed by atoms with van der Waals surface area (Å²) in [5.74, 6) is 0.789. The molecular weight excluding hydrogens is 184 g/mol. The summed E-state index contributed by atoms with van der Waals surface area (Å²) in [5.41, 5.74) is 6.50. The van der Waals surface area contributed by atoms with E-state index in [1.165, 1.54) is 45.2 Å². The number of rotatable bonds is 4. The number of nitrogens with zero attached hydrogens (tertiary/aromatic N) is 1. The Morgan fingerprint density at radius 2 is 1.87 bits per heavy atom. The minimum atomic E-state index is 0.655. The third-order valence-corrected chi connectivity index (χ3v) is 4.97. The van der Waals surface area contributed by atoms with Gasteiger partial charge in [-0.1, -0.05) is 20.3 Å². The zero-order valence-corrected chi connectivity index (χ0v) is 10.3. The Morgan fingerprint density at radius 1 is 1.20 bits per heavy atom. The molecule has 0 aromatic rings. The van der Waals surface area contributed by atoms with E-state index >= 15 is 0 Å². The van der Waals surface area contributed by atoms with Gasteiger partial charge in [-0.25, -0.2) is 0 Å². The molecule has 15 heavy (non-hydrogen) atoms. The van der Waals surface area contributed by atoms with E-state index < -0.39 is 0 Å².